The van der Waals surface area contributed by atoms with Gasteiger partial charge in [-0.1, -0.05) is 6.92 Å². The summed E-state index contributed by atoms with van der Waals surface area (Å²) in [5, 5.41) is 8.74. The molecule has 1 rings (SSSR count). The minimum Gasteiger partial charge on any atom is -0.378 e. The normalized spacial score (nSPS) is 24.0. The predicted octanol–water partition coefficient (Wildman–Crippen LogP) is 4.16. The molecule has 0 saturated carbocycles. The first kappa shape index (κ1) is 18.8. The lowest BCUT2D eigenvalue weighted by Gasteiger charge is -2.38. The molecule has 21 heavy (non-hydrogen) atoms. The van der Waals surface area contributed by atoms with Gasteiger partial charge >= 0.3 is 0 Å². The van der Waals surface area contributed by atoms with Gasteiger partial charge in [-0.05, 0) is 46.5 Å². The van der Waals surface area contributed by atoms with E-state index in [4.69, 9.17) is 14.5 Å². The van der Waals surface area contributed by atoms with Gasteiger partial charge in [-0.25, -0.2) is 0 Å². The standard InChI is InChI=1S/C16H31N2O2P/c1-6-16-15(8-11-19-16)12-21(20-10-7-9-17)18(13(2)3)14(4)5/h13-16H,6-8,10-12H2,1-5H3. The fourth-order valence-corrected chi connectivity index (χ4v) is 5.65. The Hall–Kier alpha value is -0.200. The molecule has 1 aliphatic rings. The van der Waals surface area contributed by atoms with Gasteiger partial charge in [0.15, 0.2) is 0 Å². The SMILES string of the molecule is CCC1OCCC1CP(OCCC#N)N(C(C)C)C(C)C. The molecule has 0 bridgehead atoms. The minimum absolute atomic E-state index is 0.385. The van der Waals surface area contributed by atoms with Crippen LogP contribution >= 0.6 is 8.30 Å². The first-order valence-electron chi connectivity index (χ1n) is 8.18. The van der Waals surface area contributed by atoms with Crippen LogP contribution < -0.4 is 0 Å². The summed E-state index contributed by atoms with van der Waals surface area (Å²) >= 11 is 0. The average Bonchev–Trinajstić information content (AvgIpc) is 2.85. The van der Waals surface area contributed by atoms with Crippen LogP contribution in [0.1, 0.15) is 53.9 Å². The van der Waals surface area contributed by atoms with E-state index in [1.54, 1.807) is 0 Å². The third-order valence-corrected chi connectivity index (χ3v) is 6.61. The van der Waals surface area contributed by atoms with Crippen molar-refractivity contribution in [3.8, 4) is 6.07 Å². The van der Waals surface area contributed by atoms with Crippen LogP contribution in [0.15, 0.2) is 0 Å². The first-order valence-corrected chi connectivity index (χ1v) is 9.58. The summed E-state index contributed by atoms with van der Waals surface area (Å²) in [5.41, 5.74) is 0. The van der Waals surface area contributed by atoms with E-state index in [2.05, 4.69) is 45.4 Å². The summed E-state index contributed by atoms with van der Waals surface area (Å²) in [7, 11) is -0.656. The highest BCUT2D eigenvalue weighted by atomic mass is 31.2. The van der Waals surface area contributed by atoms with Crippen molar-refractivity contribution in [2.24, 2.45) is 5.92 Å². The van der Waals surface area contributed by atoms with E-state index in [9.17, 15) is 0 Å². The van der Waals surface area contributed by atoms with Crippen molar-refractivity contribution in [3.05, 3.63) is 0 Å². The molecule has 1 fully saturated rings. The maximum absolute atomic E-state index is 8.74. The number of hydrogen-bond acceptors (Lipinski definition) is 4. The van der Waals surface area contributed by atoms with Gasteiger partial charge < -0.3 is 9.26 Å². The van der Waals surface area contributed by atoms with Crippen LogP contribution in [0, 0.1) is 17.2 Å². The van der Waals surface area contributed by atoms with Crippen molar-refractivity contribution in [3.63, 3.8) is 0 Å². The highest BCUT2D eigenvalue weighted by Gasteiger charge is 2.33. The Morgan fingerprint density at radius 2 is 2.00 bits per heavy atom. The summed E-state index contributed by atoms with van der Waals surface area (Å²) in [4.78, 5) is 0. The van der Waals surface area contributed by atoms with Crippen LogP contribution in [-0.2, 0) is 9.26 Å². The Morgan fingerprint density at radius 1 is 1.33 bits per heavy atom. The summed E-state index contributed by atoms with van der Waals surface area (Å²) in [6.07, 6.45) is 4.14. The monoisotopic (exact) mass is 314 g/mol. The van der Waals surface area contributed by atoms with Gasteiger partial charge in [0.05, 0.1) is 25.2 Å². The van der Waals surface area contributed by atoms with Gasteiger partial charge in [-0.15, -0.1) is 0 Å². The molecule has 0 aromatic rings. The highest BCUT2D eigenvalue weighted by Crippen LogP contribution is 2.48. The second-order valence-electron chi connectivity index (χ2n) is 6.21. The zero-order chi connectivity index (χ0) is 15.8. The summed E-state index contributed by atoms with van der Waals surface area (Å²) < 4.78 is 14.4. The Morgan fingerprint density at radius 3 is 2.52 bits per heavy atom. The Kier molecular flexibility index (Phi) is 8.74. The molecule has 5 heteroatoms. The van der Waals surface area contributed by atoms with E-state index in [0.717, 1.165) is 25.6 Å². The van der Waals surface area contributed by atoms with Gasteiger partial charge in [0.1, 0.15) is 8.30 Å². The molecule has 0 aromatic heterocycles. The zero-order valence-electron chi connectivity index (χ0n) is 14.2. The molecule has 122 valence electrons. The lowest BCUT2D eigenvalue weighted by molar-refractivity contribution is 0.0908. The van der Waals surface area contributed by atoms with E-state index >= 15 is 0 Å². The van der Waals surface area contributed by atoms with Crippen molar-refractivity contribution in [2.45, 2.75) is 72.1 Å². The molecule has 0 radical (unpaired) electrons. The van der Waals surface area contributed by atoms with Crippen LogP contribution in [0.2, 0.25) is 0 Å². The molecule has 4 nitrogen and oxygen atoms in total. The van der Waals surface area contributed by atoms with Gasteiger partial charge in [0, 0.05) is 24.9 Å². The third kappa shape index (κ3) is 5.83. The Balaban J connectivity index is 2.73. The molecular weight excluding hydrogens is 283 g/mol. The van der Waals surface area contributed by atoms with Crippen LogP contribution in [-0.4, -0.2) is 42.2 Å². The minimum atomic E-state index is -0.656. The number of hydrogen-bond donors (Lipinski definition) is 0. The van der Waals surface area contributed by atoms with Crippen molar-refractivity contribution in [2.75, 3.05) is 19.4 Å². The molecular formula is C16H31N2O2P. The maximum atomic E-state index is 8.74. The fraction of sp³-hybridized carbons (Fsp3) is 0.938. The van der Waals surface area contributed by atoms with E-state index in [0.29, 0.717) is 37.1 Å². The second kappa shape index (κ2) is 9.74. The Bertz CT molecular complexity index is 323. The van der Waals surface area contributed by atoms with Gasteiger partial charge in [0.2, 0.25) is 0 Å². The van der Waals surface area contributed by atoms with Gasteiger partial charge in [-0.2, -0.15) is 5.26 Å². The first-order chi connectivity index (χ1) is 10.0. The fourth-order valence-electron chi connectivity index (χ4n) is 3.08. The van der Waals surface area contributed by atoms with Crippen molar-refractivity contribution in [1.29, 1.82) is 5.26 Å². The zero-order valence-corrected chi connectivity index (χ0v) is 15.1. The van der Waals surface area contributed by atoms with E-state index in [-0.39, 0.29) is 0 Å². The summed E-state index contributed by atoms with van der Waals surface area (Å²) in [6.45, 7) is 12.5. The molecule has 3 unspecified atom stereocenters. The molecule has 3 atom stereocenters. The van der Waals surface area contributed by atoms with E-state index in [1.807, 2.05) is 0 Å². The summed E-state index contributed by atoms with van der Waals surface area (Å²) in [5.74, 6) is 0.600. The molecule has 0 N–H and O–H groups in total. The van der Waals surface area contributed by atoms with Crippen LogP contribution in [0.5, 0.6) is 0 Å². The summed E-state index contributed by atoms with van der Waals surface area (Å²) in [6, 6.07) is 3.09. The number of ether oxygens (including phenoxy) is 1. The van der Waals surface area contributed by atoms with Crippen LogP contribution in [0.25, 0.3) is 0 Å². The molecule has 0 spiro atoms. The molecule has 0 amide bonds. The largest absolute Gasteiger partial charge is 0.378 e. The lowest BCUT2D eigenvalue weighted by atomic mass is 10.0. The number of nitrogens with zero attached hydrogens (tertiary/aromatic N) is 2. The van der Waals surface area contributed by atoms with E-state index < -0.39 is 8.30 Å². The Labute approximate surface area is 131 Å². The van der Waals surface area contributed by atoms with E-state index in [1.165, 1.54) is 0 Å². The molecule has 0 aliphatic carbocycles. The second-order valence-corrected chi connectivity index (χ2v) is 8.00. The number of nitriles is 1. The molecule has 1 heterocycles. The lowest BCUT2D eigenvalue weighted by Crippen LogP contribution is -2.35. The smallest absolute Gasteiger partial charge is 0.105 e. The van der Waals surface area contributed by atoms with Crippen LogP contribution in [0.3, 0.4) is 0 Å². The third-order valence-electron chi connectivity index (χ3n) is 3.91. The molecule has 1 aliphatic heterocycles. The van der Waals surface area contributed by atoms with Crippen molar-refractivity contribution in [1.82, 2.24) is 4.67 Å². The molecule has 1 saturated heterocycles. The highest BCUT2D eigenvalue weighted by molar-refractivity contribution is 7.50. The topological polar surface area (TPSA) is 45.5 Å². The van der Waals surface area contributed by atoms with Gasteiger partial charge in [0.25, 0.3) is 0 Å². The van der Waals surface area contributed by atoms with Gasteiger partial charge in [-0.3, -0.25) is 4.67 Å². The van der Waals surface area contributed by atoms with Crippen molar-refractivity contribution < 1.29 is 9.26 Å². The maximum Gasteiger partial charge on any atom is 0.105 e. The van der Waals surface area contributed by atoms with Crippen LogP contribution in [0.4, 0.5) is 0 Å². The number of rotatable bonds is 9. The molecule has 0 aromatic carbocycles. The predicted molar refractivity (Wildman–Crippen MR) is 88.2 cm³/mol. The average molecular weight is 314 g/mol. The van der Waals surface area contributed by atoms with Crippen molar-refractivity contribution >= 4 is 8.30 Å². The quantitative estimate of drug-likeness (QED) is 0.473.